The van der Waals surface area contributed by atoms with Crippen molar-refractivity contribution in [3.05, 3.63) is 46.4 Å². The fourth-order valence-corrected chi connectivity index (χ4v) is 2.83. The average Bonchev–Trinajstić information content (AvgIpc) is 2.84. The molecule has 1 aromatic carbocycles. The van der Waals surface area contributed by atoms with Crippen molar-refractivity contribution in [1.82, 2.24) is 14.7 Å². The summed E-state index contributed by atoms with van der Waals surface area (Å²) in [7, 11) is 2.98. The first-order valence-corrected chi connectivity index (χ1v) is 8.75. The van der Waals surface area contributed by atoms with E-state index >= 15 is 0 Å². The van der Waals surface area contributed by atoms with E-state index in [0.717, 1.165) is 0 Å². The summed E-state index contributed by atoms with van der Waals surface area (Å²) < 4.78 is 7.75. The number of nitrogens with zero attached hydrogens (tertiary/aromatic N) is 2. The number of aromatic nitrogens is 2. The van der Waals surface area contributed by atoms with Gasteiger partial charge in [0.1, 0.15) is 11.7 Å². The summed E-state index contributed by atoms with van der Waals surface area (Å²) in [6.45, 7) is 5.63. The molecule has 0 aliphatic carbocycles. The summed E-state index contributed by atoms with van der Waals surface area (Å²) >= 11 is 0. The van der Waals surface area contributed by atoms with E-state index in [-0.39, 0.29) is 17.2 Å². The van der Waals surface area contributed by atoms with Gasteiger partial charge < -0.3 is 15.4 Å². The Morgan fingerprint density at radius 1 is 1.19 bits per heavy atom. The minimum Gasteiger partial charge on any atom is -0.453 e. The summed E-state index contributed by atoms with van der Waals surface area (Å²) in [5, 5.41) is 5.20. The Morgan fingerprint density at radius 2 is 1.81 bits per heavy atom. The quantitative estimate of drug-likeness (QED) is 0.810. The number of nitrogens with one attached hydrogen (secondary N) is 2. The van der Waals surface area contributed by atoms with Crippen LogP contribution in [0.25, 0.3) is 5.69 Å². The van der Waals surface area contributed by atoms with E-state index in [1.54, 1.807) is 18.7 Å². The van der Waals surface area contributed by atoms with Gasteiger partial charge in [-0.25, -0.2) is 9.48 Å². The SMILES string of the molecule is COC(=O)NC(CC(C)C)C(=O)Nc1c(C)n(C)n(-c2ccccc2)c1=O. The third-order valence-electron chi connectivity index (χ3n) is 4.30. The number of hydrogen-bond donors (Lipinski definition) is 2. The second-order valence-corrected chi connectivity index (χ2v) is 6.74. The number of para-hydroxylation sites is 1. The molecule has 146 valence electrons. The largest absolute Gasteiger partial charge is 0.453 e. The van der Waals surface area contributed by atoms with Crippen molar-refractivity contribution in [2.24, 2.45) is 13.0 Å². The van der Waals surface area contributed by atoms with Gasteiger partial charge >= 0.3 is 6.09 Å². The smallest absolute Gasteiger partial charge is 0.407 e. The van der Waals surface area contributed by atoms with Gasteiger partial charge in [0.2, 0.25) is 5.91 Å². The van der Waals surface area contributed by atoms with Crippen LogP contribution in [0.2, 0.25) is 0 Å². The molecular weight excluding hydrogens is 348 g/mol. The predicted molar refractivity (Wildman–Crippen MR) is 103 cm³/mol. The number of rotatable bonds is 6. The number of alkyl carbamates (subject to hydrolysis) is 1. The molecule has 2 rings (SSSR count). The second kappa shape index (κ2) is 8.57. The molecule has 2 aromatic rings. The number of methoxy groups -OCH3 is 1. The van der Waals surface area contributed by atoms with Crippen LogP contribution in [-0.4, -0.2) is 34.5 Å². The number of amides is 2. The predicted octanol–water partition coefficient (Wildman–Crippen LogP) is 2.19. The lowest BCUT2D eigenvalue weighted by Crippen LogP contribution is -2.45. The molecule has 0 aliphatic heterocycles. The van der Waals surface area contributed by atoms with Crippen LogP contribution >= 0.6 is 0 Å². The van der Waals surface area contributed by atoms with Gasteiger partial charge in [-0.3, -0.25) is 14.3 Å². The van der Waals surface area contributed by atoms with Gasteiger partial charge in [-0.1, -0.05) is 32.0 Å². The van der Waals surface area contributed by atoms with Gasteiger partial charge in [0.15, 0.2) is 0 Å². The third kappa shape index (κ3) is 4.58. The molecule has 2 N–H and O–H groups in total. The topological polar surface area (TPSA) is 94.4 Å². The Balaban J connectivity index is 2.34. The van der Waals surface area contributed by atoms with Crippen LogP contribution in [0.4, 0.5) is 10.5 Å². The molecule has 0 saturated carbocycles. The summed E-state index contributed by atoms with van der Waals surface area (Å²) in [6, 6.07) is 8.35. The Labute approximate surface area is 158 Å². The normalized spacial score (nSPS) is 11.9. The highest BCUT2D eigenvalue weighted by molar-refractivity contribution is 5.96. The minimum atomic E-state index is -0.804. The molecule has 0 radical (unpaired) electrons. The van der Waals surface area contributed by atoms with Crippen molar-refractivity contribution >= 4 is 17.7 Å². The van der Waals surface area contributed by atoms with E-state index in [0.29, 0.717) is 17.8 Å². The Morgan fingerprint density at radius 3 is 2.37 bits per heavy atom. The lowest BCUT2D eigenvalue weighted by Gasteiger charge is -2.19. The van der Waals surface area contributed by atoms with E-state index in [2.05, 4.69) is 15.4 Å². The van der Waals surface area contributed by atoms with Crippen LogP contribution in [0.5, 0.6) is 0 Å². The lowest BCUT2D eigenvalue weighted by atomic mass is 10.0. The maximum absolute atomic E-state index is 12.9. The van der Waals surface area contributed by atoms with Crippen molar-refractivity contribution in [1.29, 1.82) is 0 Å². The first kappa shape index (κ1) is 20.3. The lowest BCUT2D eigenvalue weighted by molar-refractivity contribution is -0.118. The van der Waals surface area contributed by atoms with Crippen LogP contribution in [0.15, 0.2) is 35.1 Å². The van der Waals surface area contributed by atoms with Crippen molar-refractivity contribution in [2.75, 3.05) is 12.4 Å². The molecule has 0 bridgehead atoms. The van der Waals surface area contributed by atoms with Gasteiger partial charge in [-0.2, -0.15) is 0 Å². The van der Waals surface area contributed by atoms with E-state index in [1.807, 2.05) is 44.2 Å². The molecule has 1 unspecified atom stereocenters. The molecule has 8 nitrogen and oxygen atoms in total. The summed E-state index contributed by atoms with van der Waals surface area (Å²) in [5.74, 6) is -0.295. The molecule has 0 fully saturated rings. The van der Waals surface area contributed by atoms with Crippen LogP contribution in [-0.2, 0) is 16.6 Å². The van der Waals surface area contributed by atoms with Gasteiger partial charge in [-0.15, -0.1) is 0 Å². The fourth-order valence-electron chi connectivity index (χ4n) is 2.83. The summed E-state index contributed by atoms with van der Waals surface area (Å²) in [5.41, 5.74) is 1.15. The molecule has 1 aromatic heterocycles. The first-order valence-electron chi connectivity index (χ1n) is 8.75. The highest BCUT2D eigenvalue weighted by atomic mass is 16.5. The van der Waals surface area contributed by atoms with Gasteiger partial charge in [0.05, 0.1) is 18.5 Å². The minimum absolute atomic E-state index is 0.163. The number of carbonyl (C=O) groups excluding carboxylic acids is 2. The van der Waals surface area contributed by atoms with Gasteiger partial charge in [0.25, 0.3) is 5.56 Å². The van der Waals surface area contributed by atoms with Crippen LogP contribution in [0.1, 0.15) is 26.0 Å². The summed E-state index contributed by atoms with van der Waals surface area (Å²) in [4.78, 5) is 37.2. The second-order valence-electron chi connectivity index (χ2n) is 6.74. The van der Waals surface area contributed by atoms with E-state index in [9.17, 15) is 14.4 Å². The maximum Gasteiger partial charge on any atom is 0.407 e. The third-order valence-corrected chi connectivity index (χ3v) is 4.30. The molecule has 0 spiro atoms. The zero-order valence-corrected chi connectivity index (χ0v) is 16.3. The Bertz CT molecular complexity index is 868. The molecule has 0 aliphatic rings. The van der Waals surface area contributed by atoms with Gasteiger partial charge in [0, 0.05) is 7.05 Å². The Kier molecular flexibility index (Phi) is 6.44. The van der Waals surface area contributed by atoms with Crippen LogP contribution in [0, 0.1) is 12.8 Å². The monoisotopic (exact) mass is 374 g/mol. The zero-order valence-electron chi connectivity index (χ0n) is 16.3. The molecular formula is C19H26N4O4. The Hall–Kier alpha value is -3.03. The fraction of sp³-hybridized carbons (Fsp3) is 0.421. The summed E-state index contributed by atoms with van der Waals surface area (Å²) in [6.07, 6.45) is -0.276. The number of carbonyl (C=O) groups is 2. The number of hydrogen-bond acceptors (Lipinski definition) is 4. The molecule has 0 saturated heterocycles. The molecule has 1 atom stereocenters. The molecule has 27 heavy (non-hydrogen) atoms. The van der Waals surface area contributed by atoms with Crippen LogP contribution in [0.3, 0.4) is 0 Å². The van der Waals surface area contributed by atoms with Gasteiger partial charge in [-0.05, 0) is 31.4 Å². The van der Waals surface area contributed by atoms with Crippen molar-refractivity contribution < 1.29 is 14.3 Å². The van der Waals surface area contributed by atoms with Crippen molar-refractivity contribution in [2.45, 2.75) is 33.2 Å². The van der Waals surface area contributed by atoms with E-state index in [1.165, 1.54) is 11.8 Å². The molecule has 8 heteroatoms. The maximum atomic E-state index is 12.9. The first-order chi connectivity index (χ1) is 12.8. The van der Waals surface area contributed by atoms with Crippen LogP contribution < -0.4 is 16.2 Å². The number of anilines is 1. The standard InChI is InChI=1S/C19H26N4O4/c1-12(2)11-15(20-19(26)27-5)17(24)21-16-13(3)22(4)23(18(16)25)14-9-7-6-8-10-14/h6-10,12,15H,11H2,1-5H3,(H,20,26)(H,21,24). The molecule has 1 heterocycles. The van der Waals surface area contributed by atoms with E-state index < -0.39 is 18.0 Å². The highest BCUT2D eigenvalue weighted by Crippen LogP contribution is 2.15. The van der Waals surface area contributed by atoms with E-state index in [4.69, 9.17) is 0 Å². The van der Waals surface area contributed by atoms with Crippen molar-refractivity contribution in [3.8, 4) is 5.69 Å². The number of ether oxygens (including phenoxy) is 1. The van der Waals surface area contributed by atoms with Crippen molar-refractivity contribution in [3.63, 3.8) is 0 Å². The molecule has 2 amide bonds. The highest BCUT2D eigenvalue weighted by Gasteiger charge is 2.25. The zero-order chi connectivity index (χ0) is 20.1. The number of benzene rings is 1. The average molecular weight is 374 g/mol.